The summed E-state index contributed by atoms with van der Waals surface area (Å²) in [7, 11) is 0. The molecule has 0 aromatic rings. The molecule has 1 N–H and O–H groups in total. The van der Waals surface area contributed by atoms with Crippen LogP contribution in [0.15, 0.2) is 0 Å². The van der Waals surface area contributed by atoms with Crippen LogP contribution in [0.1, 0.15) is 40.0 Å². The Kier molecular flexibility index (Phi) is 4.12. The minimum Gasteiger partial charge on any atom is -0.321 e. The van der Waals surface area contributed by atoms with Gasteiger partial charge in [-0.3, -0.25) is 10.1 Å². The van der Waals surface area contributed by atoms with E-state index in [0.29, 0.717) is 18.9 Å². The van der Waals surface area contributed by atoms with Crippen molar-refractivity contribution in [2.75, 3.05) is 6.54 Å². The van der Waals surface area contributed by atoms with Gasteiger partial charge in [0.05, 0.1) is 0 Å². The highest BCUT2D eigenvalue weighted by Gasteiger charge is 2.29. The first kappa shape index (κ1) is 12.0. The van der Waals surface area contributed by atoms with Gasteiger partial charge in [-0.2, -0.15) is 0 Å². The maximum absolute atomic E-state index is 11.6. The summed E-state index contributed by atoms with van der Waals surface area (Å²) in [6.45, 7) is 6.89. The van der Waals surface area contributed by atoms with E-state index in [1.54, 1.807) is 4.90 Å². The summed E-state index contributed by atoms with van der Waals surface area (Å²) < 4.78 is 0. The molecule has 86 valence electrons. The number of hydrogen-bond acceptors (Lipinski definition) is 2. The topological polar surface area (TPSA) is 49.4 Å². The van der Waals surface area contributed by atoms with Gasteiger partial charge in [0.25, 0.3) is 0 Å². The third-order valence-electron chi connectivity index (χ3n) is 3.31. The van der Waals surface area contributed by atoms with Crippen molar-refractivity contribution in [1.29, 1.82) is 0 Å². The number of urea groups is 1. The maximum Gasteiger partial charge on any atom is 0.324 e. The summed E-state index contributed by atoms with van der Waals surface area (Å²) in [5.41, 5.74) is 0. The molecule has 1 fully saturated rings. The van der Waals surface area contributed by atoms with Gasteiger partial charge in [0, 0.05) is 19.0 Å². The molecule has 0 aliphatic carbocycles. The van der Waals surface area contributed by atoms with Crippen LogP contribution in [0.3, 0.4) is 0 Å². The maximum atomic E-state index is 11.6. The average molecular weight is 212 g/mol. The van der Waals surface area contributed by atoms with E-state index in [1.807, 2.05) is 0 Å². The number of hydrogen-bond donors (Lipinski definition) is 1. The van der Waals surface area contributed by atoms with E-state index in [1.165, 1.54) is 0 Å². The summed E-state index contributed by atoms with van der Waals surface area (Å²) in [5, 5.41) is 2.36. The molecular formula is C11H20N2O2. The lowest BCUT2D eigenvalue weighted by atomic mass is 9.94. The second kappa shape index (κ2) is 5.14. The van der Waals surface area contributed by atoms with Gasteiger partial charge in [-0.05, 0) is 12.8 Å². The van der Waals surface area contributed by atoms with Crippen LogP contribution in [0, 0.1) is 5.92 Å². The van der Waals surface area contributed by atoms with E-state index in [0.717, 1.165) is 12.8 Å². The molecule has 1 atom stereocenters. The summed E-state index contributed by atoms with van der Waals surface area (Å²) >= 11 is 0. The number of nitrogens with one attached hydrogen (secondary N) is 1. The molecule has 4 nitrogen and oxygen atoms in total. The van der Waals surface area contributed by atoms with Crippen LogP contribution in [-0.4, -0.2) is 29.4 Å². The van der Waals surface area contributed by atoms with Gasteiger partial charge < -0.3 is 4.90 Å². The number of amides is 3. The van der Waals surface area contributed by atoms with Gasteiger partial charge in [0.2, 0.25) is 5.91 Å². The molecule has 0 aromatic heterocycles. The Morgan fingerprint density at radius 1 is 1.33 bits per heavy atom. The third-order valence-corrected chi connectivity index (χ3v) is 3.31. The molecule has 1 saturated heterocycles. The van der Waals surface area contributed by atoms with Crippen molar-refractivity contribution >= 4 is 11.9 Å². The van der Waals surface area contributed by atoms with E-state index < -0.39 is 0 Å². The summed E-state index contributed by atoms with van der Waals surface area (Å²) in [4.78, 5) is 24.3. The summed E-state index contributed by atoms with van der Waals surface area (Å²) in [6, 6.07) is -0.0150. The molecule has 0 spiro atoms. The van der Waals surface area contributed by atoms with Crippen molar-refractivity contribution in [3.05, 3.63) is 0 Å². The van der Waals surface area contributed by atoms with E-state index >= 15 is 0 Å². The van der Waals surface area contributed by atoms with Crippen LogP contribution < -0.4 is 5.32 Å². The normalized spacial score (nSPS) is 19.3. The fraction of sp³-hybridized carbons (Fsp3) is 0.818. The fourth-order valence-electron chi connectivity index (χ4n) is 2.19. The van der Waals surface area contributed by atoms with Gasteiger partial charge in [0.1, 0.15) is 0 Å². The van der Waals surface area contributed by atoms with Crippen LogP contribution >= 0.6 is 0 Å². The lowest BCUT2D eigenvalue weighted by molar-refractivity contribution is -0.121. The number of rotatable bonds is 4. The van der Waals surface area contributed by atoms with E-state index in [4.69, 9.17) is 0 Å². The van der Waals surface area contributed by atoms with Gasteiger partial charge in [-0.25, -0.2) is 4.79 Å². The molecular weight excluding hydrogens is 192 g/mol. The van der Waals surface area contributed by atoms with Gasteiger partial charge in [0.15, 0.2) is 0 Å². The standard InChI is InChI=1S/C11H20N2O2/c1-4-9(5-2)8(3)13-7-6-10(14)12-11(13)15/h8-9H,4-7H2,1-3H3,(H,12,14,15). The molecule has 0 bridgehead atoms. The highest BCUT2D eigenvalue weighted by Crippen LogP contribution is 2.19. The van der Waals surface area contributed by atoms with Crippen LogP contribution in [0.5, 0.6) is 0 Å². The number of nitrogens with zero attached hydrogens (tertiary/aromatic N) is 1. The smallest absolute Gasteiger partial charge is 0.321 e. The van der Waals surface area contributed by atoms with Crippen LogP contribution in [0.2, 0.25) is 0 Å². The van der Waals surface area contributed by atoms with Crippen LogP contribution in [-0.2, 0) is 4.79 Å². The van der Waals surface area contributed by atoms with Crippen molar-refractivity contribution in [3.8, 4) is 0 Å². The Morgan fingerprint density at radius 2 is 1.93 bits per heavy atom. The van der Waals surface area contributed by atoms with Crippen molar-refractivity contribution in [2.24, 2.45) is 5.92 Å². The second-order valence-electron chi connectivity index (χ2n) is 4.11. The monoisotopic (exact) mass is 212 g/mol. The Balaban J connectivity index is 2.62. The summed E-state index contributed by atoms with van der Waals surface area (Å²) in [5.74, 6) is 0.358. The molecule has 15 heavy (non-hydrogen) atoms. The van der Waals surface area contributed by atoms with Gasteiger partial charge >= 0.3 is 6.03 Å². The SMILES string of the molecule is CCC(CC)C(C)N1CCC(=O)NC1=O. The largest absolute Gasteiger partial charge is 0.324 e. The predicted octanol–water partition coefficient (Wildman–Crippen LogP) is 1.75. The zero-order valence-corrected chi connectivity index (χ0v) is 9.75. The van der Waals surface area contributed by atoms with Crippen molar-refractivity contribution in [2.45, 2.75) is 46.1 Å². The molecule has 3 amide bonds. The Morgan fingerprint density at radius 3 is 2.40 bits per heavy atom. The third kappa shape index (κ3) is 2.70. The zero-order valence-electron chi connectivity index (χ0n) is 9.75. The number of carbonyl (C=O) groups is 2. The lowest BCUT2D eigenvalue weighted by Gasteiger charge is -2.36. The van der Waals surface area contributed by atoms with Crippen molar-refractivity contribution in [3.63, 3.8) is 0 Å². The zero-order chi connectivity index (χ0) is 11.4. The van der Waals surface area contributed by atoms with Gasteiger partial charge in [-0.1, -0.05) is 26.7 Å². The highest BCUT2D eigenvalue weighted by atomic mass is 16.2. The minimum atomic E-state index is -0.231. The average Bonchev–Trinajstić information content (AvgIpc) is 2.19. The van der Waals surface area contributed by atoms with Crippen LogP contribution in [0.4, 0.5) is 4.79 Å². The van der Waals surface area contributed by atoms with E-state index in [9.17, 15) is 9.59 Å². The van der Waals surface area contributed by atoms with E-state index in [2.05, 4.69) is 26.1 Å². The Bertz CT molecular complexity index is 249. The first-order valence-electron chi connectivity index (χ1n) is 5.70. The number of imide groups is 1. The fourth-order valence-corrected chi connectivity index (χ4v) is 2.19. The molecule has 0 radical (unpaired) electrons. The van der Waals surface area contributed by atoms with E-state index in [-0.39, 0.29) is 18.0 Å². The molecule has 4 heteroatoms. The Labute approximate surface area is 91.0 Å². The van der Waals surface area contributed by atoms with Gasteiger partial charge in [-0.15, -0.1) is 0 Å². The second-order valence-corrected chi connectivity index (χ2v) is 4.11. The lowest BCUT2D eigenvalue weighted by Crippen LogP contribution is -2.54. The molecule has 1 unspecified atom stereocenters. The first-order chi connectivity index (χ1) is 7.10. The quantitative estimate of drug-likeness (QED) is 0.771. The minimum absolute atomic E-state index is 0.159. The molecule has 1 aliphatic heterocycles. The predicted molar refractivity (Wildman–Crippen MR) is 58.4 cm³/mol. The highest BCUT2D eigenvalue weighted by molar-refractivity contribution is 5.96. The molecule has 1 aliphatic rings. The molecule has 1 rings (SSSR count). The van der Waals surface area contributed by atoms with Crippen molar-refractivity contribution < 1.29 is 9.59 Å². The molecule has 0 saturated carbocycles. The molecule has 1 heterocycles. The van der Waals surface area contributed by atoms with Crippen LogP contribution in [0.25, 0.3) is 0 Å². The number of carbonyl (C=O) groups excluding carboxylic acids is 2. The Hall–Kier alpha value is -1.06. The summed E-state index contributed by atoms with van der Waals surface area (Å²) in [6.07, 6.45) is 2.56. The van der Waals surface area contributed by atoms with Crippen molar-refractivity contribution in [1.82, 2.24) is 10.2 Å². The first-order valence-corrected chi connectivity index (χ1v) is 5.70. The molecule has 0 aromatic carbocycles.